The highest BCUT2D eigenvalue weighted by Crippen LogP contribution is 2.22. The molecule has 0 saturated carbocycles. The van der Waals surface area contributed by atoms with Gasteiger partial charge < -0.3 is 5.11 Å². The van der Waals surface area contributed by atoms with Crippen molar-refractivity contribution in [2.24, 2.45) is 5.92 Å². The van der Waals surface area contributed by atoms with Gasteiger partial charge in [-0.1, -0.05) is 6.92 Å². The molecule has 1 radical (unpaired) electrons. The third-order valence-corrected chi connectivity index (χ3v) is 1.79. The molecule has 1 N–H and O–H groups in total. The lowest BCUT2D eigenvalue weighted by atomic mass is 9.90. The maximum Gasteiger partial charge on any atom is 0.331 e. The van der Waals surface area contributed by atoms with Gasteiger partial charge >= 0.3 is 5.97 Å². The Morgan fingerprint density at radius 1 is 1.80 bits per heavy atom. The van der Waals surface area contributed by atoms with Crippen LogP contribution in [0.15, 0.2) is 5.57 Å². The van der Waals surface area contributed by atoms with Crippen molar-refractivity contribution in [1.82, 2.24) is 0 Å². The van der Waals surface area contributed by atoms with Gasteiger partial charge in [-0.25, -0.2) is 4.79 Å². The van der Waals surface area contributed by atoms with Crippen LogP contribution in [0.3, 0.4) is 0 Å². The zero-order valence-corrected chi connectivity index (χ0v) is 6.05. The molecule has 0 aromatic heterocycles. The van der Waals surface area contributed by atoms with Crippen LogP contribution >= 0.6 is 0 Å². The molecule has 0 aromatic carbocycles. The Labute approximate surface area is 60.6 Å². The highest BCUT2D eigenvalue weighted by Gasteiger charge is 2.15. The number of carboxylic acids is 1. The first-order chi connectivity index (χ1) is 4.70. The number of allylic oxidation sites excluding steroid dienone is 1. The zero-order chi connectivity index (χ0) is 7.56. The minimum atomic E-state index is -0.799. The number of aliphatic carboxylic acids is 1. The second kappa shape index (κ2) is 2.86. The minimum Gasteiger partial charge on any atom is -0.478 e. The smallest absolute Gasteiger partial charge is 0.331 e. The van der Waals surface area contributed by atoms with Crippen molar-refractivity contribution in [3.8, 4) is 0 Å². The number of carbonyl (C=O) groups is 1. The molecule has 1 unspecified atom stereocenters. The molecule has 1 rings (SSSR count). The SMILES string of the molecule is CC1CC[C]=C(C(=O)O)C1. The van der Waals surface area contributed by atoms with E-state index in [1.165, 1.54) is 0 Å². The first-order valence-electron chi connectivity index (χ1n) is 3.53. The highest BCUT2D eigenvalue weighted by atomic mass is 16.4. The summed E-state index contributed by atoms with van der Waals surface area (Å²) in [5.41, 5.74) is 0.471. The maximum absolute atomic E-state index is 10.4. The lowest BCUT2D eigenvalue weighted by Crippen LogP contribution is -2.10. The van der Waals surface area contributed by atoms with Gasteiger partial charge in [0.25, 0.3) is 0 Å². The second-order valence-corrected chi connectivity index (χ2v) is 2.81. The van der Waals surface area contributed by atoms with Crippen molar-refractivity contribution in [2.45, 2.75) is 26.2 Å². The predicted octanol–water partition coefficient (Wildman–Crippen LogP) is 1.62. The van der Waals surface area contributed by atoms with E-state index in [0.717, 1.165) is 12.8 Å². The maximum atomic E-state index is 10.4. The Morgan fingerprint density at radius 2 is 2.50 bits per heavy atom. The van der Waals surface area contributed by atoms with Gasteiger partial charge in [0.1, 0.15) is 0 Å². The summed E-state index contributed by atoms with van der Waals surface area (Å²) in [5.74, 6) is -0.279. The summed E-state index contributed by atoms with van der Waals surface area (Å²) in [4.78, 5) is 10.4. The number of carboxylic acid groups (broad SMARTS) is 1. The topological polar surface area (TPSA) is 37.3 Å². The highest BCUT2D eigenvalue weighted by molar-refractivity contribution is 5.85. The van der Waals surface area contributed by atoms with Crippen molar-refractivity contribution >= 4 is 5.97 Å². The van der Waals surface area contributed by atoms with Crippen molar-refractivity contribution in [2.75, 3.05) is 0 Å². The molecule has 0 spiro atoms. The lowest BCUT2D eigenvalue weighted by Gasteiger charge is -2.14. The van der Waals surface area contributed by atoms with E-state index in [0.29, 0.717) is 17.9 Å². The molecule has 1 aliphatic rings. The van der Waals surface area contributed by atoms with Crippen LogP contribution in [0.25, 0.3) is 0 Å². The zero-order valence-electron chi connectivity index (χ0n) is 6.05. The third-order valence-electron chi connectivity index (χ3n) is 1.79. The number of hydrogen-bond acceptors (Lipinski definition) is 1. The summed E-state index contributed by atoms with van der Waals surface area (Å²) in [6.45, 7) is 2.07. The van der Waals surface area contributed by atoms with E-state index in [1.54, 1.807) is 0 Å². The van der Waals surface area contributed by atoms with Gasteiger partial charge in [-0.2, -0.15) is 0 Å². The van der Waals surface area contributed by atoms with Crippen LogP contribution < -0.4 is 0 Å². The summed E-state index contributed by atoms with van der Waals surface area (Å²) < 4.78 is 0. The summed E-state index contributed by atoms with van der Waals surface area (Å²) in [6.07, 6.45) is 5.44. The van der Waals surface area contributed by atoms with Gasteiger partial charge in [-0.15, -0.1) is 0 Å². The standard InChI is InChI=1S/C8H11O2/c1-6-3-2-4-7(5-6)8(9)10/h6H,2-3,5H2,1H3,(H,9,10). The number of rotatable bonds is 1. The second-order valence-electron chi connectivity index (χ2n) is 2.81. The summed E-state index contributed by atoms with van der Waals surface area (Å²) in [7, 11) is 0. The average Bonchev–Trinajstić information content (AvgIpc) is 1.88. The van der Waals surface area contributed by atoms with Crippen molar-refractivity contribution in [3.63, 3.8) is 0 Å². The van der Waals surface area contributed by atoms with Crippen LogP contribution in [-0.2, 0) is 4.79 Å². The molecule has 2 heteroatoms. The molecule has 55 valence electrons. The first kappa shape index (κ1) is 7.32. The summed E-state index contributed by atoms with van der Waals surface area (Å²) >= 11 is 0. The Kier molecular flexibility index (Phi) is 2.10. The molecule has 0 fully saturated rings. The van der Waals surface area contributed by atoms with Crippen molar-refractivity contribution in [1.29, 1.82) is 0 Å². The van der Waals surface area contributed by atoms with Gasteiger partial charge in [0.2, 0.25) is 0 Å². The Bertz CT molecular complexity index is 170. The summed E-state index contributed by atoms with van der Waals surface area (Å²) in [5, 5.41) is 8.56. The normalized spacial score (nSPS) is 25.7. The average molecular weight is 139 g/mol. The van der Waals surface area contributed by atoms with Gasteiger partial charge in [0, 0.05) is 5.57 Å². The van der Waals surface area contributed by atoms with Crippen LogP contribution in [-0.4, -0.2) is 11.1 Å². The molecular formula is C8H11O2. The van der Waals surface area contributed by atoms with Crippen LogP contribution in [0.4, 0.5) is 0 Å². The molecule has 0 aromatic rings. The predicted molar refractivity (Wildman–Crippen MR) is 37.4 cm³/mol. The van der Waals surface area contributed by atoms with E-state index in [9.17, 15) is 4.79 Å². The van der Waals surface area contributed by atoms with Crippen LogP contribution in [0.5, 0.6) is 0 Å². The fraction of sp³-hybridized carbons (Fsp3) is 0.625. The van der Waals surface area contributed by atoms with E-state index in [2.05, 4.69) is 13.0 Å². The van der Waals surface area contributed by atoms with E-state index >= 15 is 0 Å². The Hall–Kier alpha value is -0.790. The molecule has 1 aliphatic carbocycles. The van der Waals surface area contributed by atoms with Gasteiger partial charge in [0.05, 0.1) is 0 Å². The minimum absolute atomic E-state index is 0.471. The van der Waals surface area contributed by atoms with Gasteiger partial charge in [0.15, 0.2) is 0 Å². The molecule has 0 saturated heterocycles. The quantitative estimate of drug-likeness (QED) is 0.599. The van der Waals surface area contributed by atoms with E-state index < -0.39 is 5.97 Å². The van der Waals surface area contributed by atoms with Crippen molar-refractivity contribution in [3.05, 3.63) is 11.6 Å². The molecule has 0 bridgehead atoms. The molecule has 0 heterocycles. The molecule has 0 amide bonds. The van der Waals surface area contributed by atoms with E-state index in [-0.39, 0.29) is 0 Å². The largest absolute Gasteiger partial charge is 0.478 e. The van der Waals surface area contributed by atoms with E-state index in [1.807, 2.05) is 0 Å². The molecule has 0 aliphatic heterocycles. The van der Waals surface area contributed by atoms with Crippen LogP contribution in [0.1, 0.15) is 26.2 Å². The van der Waals surface area contributed by atoms with Crippen LogP contribution in [0.2, 0.25) is 0 Å². The third kappa shape index (κ3) is 1.59. The number of hydrogen-bond donors (Lipinski definition) is 1. The van der Waals surface area contributed by atoms with Crippen molar-refractivity contribution < 1.29 is 9.90 Å². The van der Waals surface area contributed by atoms with Gasteiger partial charge in [-0.3, -0.25) is 0 Å². The van der Waals surface area contributed by atoms with Crippen LogP contribution in [0, 0.1) is 12.0 Å². The van der Waals surface area contributed by atoms with Gasteiger partial charge in [-0.05, 0) is 31.3 Å². The Morgan fingerprint density at radius 3 is 2.90 bits per heavy atom. The summed E-state index contributed by atoms with van der Waals surface area (Å²) in [6, 6.07) is 0. The first-order valence-corrected chi connectivity index (χ1v) is 3.53. The molecule has 10 heavy (non-hydrogen) atoms. The monoisotopic (exact) mass is 139 g/mol. The lowest BCUT2D eigenvalue weighted by molar-refractivity contribution is -0.133. The fourth-order valence-corrected chi connectivity index (χ4v) is 1.16. The Balaban J connectivity index is 2.60. The fourth-order valence-electron chi connectivity index (χ4n) is 1.16. The molecular weight excluding hydrogens is 128 g/mol. The molecule has 1 atom stereocenters. The van der Waals surface area contributed by atoms with E-state index in [4.69, 9.17) is 5.11 Å². The molecule has 2 nitrogen and oxygen atoms in total.